The number of rotatable bonds is 5. The molecule has 0 atom stereocenters. The van der Waals surface area contributed by atoms with Crippen LogP contribution in [-0.4, -0.2) is 15.0 Å². The Morgan fingerprint density at radius 3 is 1.98 bits per heavy atom. The molecule has 0 saturated carbocycles. The molecule has 0 saturated heterocycles. The van der Waals surface area contributed by atoms with E-state index in [4.69, 9.17) is 19.4 Å². The van der Waals surface area contributed by atoms with E-state index in [0.29, 0.717) is 17.5 Å². The van der Waals surface area contributed by atoms with E-state index in [1.54, 1.807) is 0 Å². The average Bonchev–Trinajstić information content (AvgIpc) is 3.59. The Kier molecular flexibility index (Phi) is 6.91. The largest absolute Gasteiger partial charge is 0.456 e. The van der Waals surface area contributed by atoms with Crippen LogP contribution in [0.5, 0.6) is 0 Å². The Morgan fingerprint density at radius 1 is 0.431 bits per heavy atom. The standard InChI is InChI=1S/C47H31N3O/c1-3-14-31(15-4-1)45-48-46(32-16-5-2-6-17-32)50-47(49-45)39-26-25-38(36-19-9-10-20-37(36)39)41-28-35(34-24-23-30-13-7-8-18-33(30)27-34)29-43-44(41)40-21-11-12-22-42(40)51-43/h1,3-5,7-29H,2,6H2. The van der Waals surface area contributed by atoms with Crippen molar-refractivity contribution in [3.63, 3.8) is 0 Å². The fourth-order valence-corrected chi connectivity index (χ4v) is 7.45. The third-order valence-corrected chi connectivity index (χ3v) is 9.94. The van der Waals surface area contributed by atoms with Gasteiger partial charge in [0.25, 0.3) is 0 Å². The molecule has 0 bridgehead atoms. The van der Waals surface area contributed by atoms with Crippen LogP contribution in [0.3, 0.4) is 0 Å². The highest BCUT2D eigenvalue weighted by molar-refractivity contribution is 6.17. The molecule has 10 rings (SSSR count). The zero-order chi connectivity index (χ0) is 33.7. The van der Waals surface area contributed by atoms with Crippen LogP contribution in [0, 0.1) is 0 Å². The van der Waals surface area contributed by atoms with Gasteiger partial charge in [0.1, 0.15) is 11.2 Å². The lowest BCUT2D eigenvalue weighted by Gasteiger charge is -2.15. The number of nitrogens with zero attached hydrogens (tertiary/aromatic N) is 3. The predicted molar refractivity (Wildman–Crippen MR) is 210 cm³/mol. The second-order valence-corrected chi connectivity index (χ2v) is 13.1. The molecule has 4 nitrogen and oxygen atoms in total. The molecule has 0 fully saturated rings. The highest BCUT2D eigenvalue weighted by Gasteiger charge is 2.20. The van der Waals surface area contributed by atoms with E-state index in [-0.39, 0.29) is 0 Å². The summed E-state index contributed by atoms with van der Waals surface area (Å²) in [6.07, 6.45) is 8.54. The van der Waals surface area contributed by atoms with E-state index >= 15 is 0 Å². The maximum absolute atomic E-state index is 6.56. The summed E-state index contributed by atoms with van der Waals surface area (Å²) in [6, 6.07) is 51.2. The Bertz CT molecular complexity index is 2860. The second kappa shape index (κ2) is 12.0. The third-order valence-electron chi connectivity index (χ3n) is 9.94. The van der Waals surface area contributed by atoms with Crippen molar-refractivity contribution in [3.05, 3.63) is 170 Å². The molecule has 2 aromatic heterocycles. The monoisotopic (exact) mass is 653 g/mol. The number of allylic oxidation sites excluding steroid dienone is 4. The summed E-state index contributed by atoms with van der Waals surface area (Å²) >= 11 is 0. The van der Waals surface area contributed by atoms with Crippen LogP contribution in [0.15, 0.2) is 168 Å². The summed E-state index contributed by atoms with van der Waals surface area (Å²) < 4.78 is 6.56. The molecule has 1 aliphatic carbocycles. The molecule has 0 aliphatic heterocycles. The normalized spacial score (nSPS) is 13.0. The maximum atomic E-state index is 6.56. The van der Waals surface area contributed by atoms with Gasteiger partial charge in [-0.05, 0) is 87.0 Å². The van der Waals surface area contributed by atoms with Crippen molar-refractivity contribution in [2.75, 3.05) is 0 Å². The van der Waals surface area contributed by atoms with Gasteiger partial charge in [-0.1, -0.05) is 133 Å². The van der Waals surface area contributed by atoms with E-state index < -0.39 is 0 Å². The number of hydrogen-bond donors (Lipinski definition) is 0. The Labute approximate surface area is 295 Å². The molecule has 7 aromatic carbocycles. The summed E-state index contributed by atoms with van der Waals surface area (Å²) in [7, 11) is 0. The summed E-state index contributed by atoms with van der Waals surface area (Å²) in [4.78, 5) is 15.2. The van der Waals surface area contributed by atoms with Gasteiger partial charge in [0.15, 0.2) is 17.5 Å². The van der Waals surface area contributed by atoms with Crippen molar-refractivity contribution in [2.24, 2.45) is 0 Å². The van der Waals surface area contributed by atoms with E-state index in [1.165, 1.54) is 10.8 Å². The van der Waals surface area contributed by atoms with Gasteiger partial charge in [0.2, 0.25) is 0 Å². The lowest BCUT2D eigenvalue weighted by molar-refractivity contribution is 0.669. The van der Waals surface area contributed by atoms with Crippen LogP contribution in [0.25, 0.3) is 94.1 Å². The number of furan rings is 1. The van der Waals surface area contributed by atoms with Crippen LogP contribution in [0.4, 0.5) is 0 Å². The predicted octanol–water partition coefficient (Wildman–Crippen LogP) is 12.5. The minimum atomic E-state index is 0.658. The van der Waals surface area contributed by atoms with Crippen molar-refractivity contribution >= 4 is 49.1 Å². The molecule has 51 heavy (non-hydrogen) atoms. The number of fused-ring (bicyclic) bond motifs is 5. The smallest absolute Gasteiger partial charge is 0.164 e. The van der Waals surface area contributed by atoms with E-state index in [2.05, 4.69) is 140 Å². The van der Waals surface area contributed by atoms with E-state index in [1.807, 2.05) is 24.3 Å². The van der Waals surface area contributed by atoms with Gasteiger partial charge >= 0.3 is 0 Å². The first kappa shape index (κ1) is 29.3. The minimum Gasteiger partial charge on any atom is -0.456 e. The summed E-state index contributed by atoms with van der Waals surface area (Å²) in [5, 5.41) is 6.85. The molecule has 2 heterocycles. The first-order valence-corrected chi connectivity index (χ1v) is 17.4. The van der Waals surface area contributed by atoms with Gasteiger partial charge < -0.3 is 4.42 Å². The highest BCUT2D eigenvalue weighted by Crippen LogP contribution is 2.44. The van der Waals surface area contributed by atoms with E-state index in [0.717, 1.165) is 84.5 Å². The van der Waals surface area contributed by atoms with Gasteiger partial charge in [0, 0.05) is 27.5 Å². The van der Waals surface area contributed by atoms with Crippen molar-refractivity contribution < 1.29 is 4.42 Å². The quantitative estimate of drug-likeness (QED) is 0.185. The molecule has 0 spiro atoms. The molecule has 9 aromatic rings. The molecule has 0 N–H and O–H groups in total. The number of para-hydroxylation sites is 1. The van der Waals surface area contributed by atoms with Gasteiger partial charge in [-0.2, -0.15) is 0 Å². The molecular formula is C47H31N3O. The molecule has 0 radical (unpaired) electrons. The lowest BCUT2D eigenvalue weighted by atomic mass is 9.89. The molecule has 0 amide bonds. The topological polar surface area (TPSA) is 51.8 Å². The fourth-order valence-electron chi connectivity index (χ4n) is 7.45. The molecule has 1 aliphatic rings. The van der Waals surface area contributed by atoms with Crippen LogP contribution < -0.4 is 0 Å². The first-order valence-electron chi connectivity index (χ1n) is 17.4. The van der Waals surface area contributed by atoms with Gasteiger partial charge in [-0.3, -0.25) is 0 Å². The molecule has 4 heteroatoms. The Hall–Kier alpha value is -6.65. The maximum Gasteiger partial charge on any atom is 0.164 e. The Balaban J connectivity index is 1.21. The zero-order valence-electron chi connectivity index (χ0n) is 27.8. The van der Waals surface area contributed by atoms with E-state index in [9.17, 15) is 0 Å². The summed E-state index contributed by atoms with van der Waals surface area (Å²) in [5.74, 6) is 2.02. The fraction of sp³-hybridized carbons (Fsp3) is 0.0426. The van der Waals surface area contributed by atoms with Crippen LogP contribution in [0.1, 0.15) is 18.7 Å². The summed E-state index contributed by atoms with van der Waals surface area (Å²) in [6.45, 7) is 0. The molecule has 240 valence electrons. The average molecular weight is 654 g/mol. The van der Waals surface area contributed by atoms with Gasteiger partial charge in [-0.25, -0.2) is 15.0 Å². The molecule has 0 unspecified atom stereocenters. The van der Waals surface area contributed by atoms with Crippen molar-refractivity contribution in [1.82, 2.24) is 15.0 Å². The van der Waals surface area contributed by atoms with Crippen molar-refractivity contribution in [2.45, 2.75) is 12.8 Å². The lowest BCUT2D eigenvalue weighted by Crippen LogP contribution is -2.03. The van der Waals surface area contributed by atoms with Crippen molar-refractivity contribution in [1.29, 1.82) is 0 Å². The minimum absolute atomic E-state index is 0.658. The SMILES string of the molecule is C1=CC(c2nc(-c3ccccc3)nc(-c3ccc(-c4cc(-c5ccc6ccccc6c5)cc5oc6ccccc6c45)c4ccccc34)n2)=CCC1. The van der Waals surface area contributed by atoms with Crippen molar-refractivity contribution in [3.8, 4) is 45.0 Å². The third kappa shape index (κ3) is 5.12. The number of aromatic nitrogens is 3. The highest BCUT2D eigenvalue weighted by atomic mass is 16.3. The van der Waals surface area contributed by atoms with Crippen LogP contribution in [0.2, 0.25) is 0 Å². The second-order valence-electron chi connectivity index (χ2n) is 13.1. The van der Waals surface area contributed by atoms with Crippen LogP contribution in [-0.2, 0) is 0 Å². The van der Waals surface area contributed by atoms with Crippen LogP contribution >= 0.6 is 0 Å². The number of hydrogen-bond acceptors (Lipinski definition) is 4. The first-order chi connectivity index (χ1) is 25.3. The molecular weight excluding hydrogens is 623 g/mol. The van der Waals surface area contributed by atoms with Gasteiger partial charge in [0.05, 0.1) is 0 Å². The number of benzene rings is 7. The zero-order valence-corrected chi connectivity index (χ0v) is 27.8. The van der Waals surface area contributed by atoms with Gasteiger partial charge in [-0.15, -0.1) is 0 Å². The Morgan fingerprint density at radius 2 is 1.14 bits per heavy atom. The summed E-state index contributed by atoms with van der Waals surface area (Å²) in [5.41, 5.74) is 9.22.